The second kappa shape index (κ2) is 6.02. The SMILES string of the molecule is CCCN(C1CC1)C(CN)c1ccc2c(c1)OCCO2. The van der Waals surface area contributed by atoms with Crippen molar-refractivity contribution in [1.29, 1.82) is 0 Å². The largest absolute Gasteiger partial charge is 0.486 e. The van der Waals surface area contributed by atoms with Crippen LogP contribution in [0.1, 0.15) is 37.8 Å². The van der Waals surface area contributed by atoms with Gasteiger partial charge in [0.05, 0.1) is 0 Å². The minimum absolute atomic E-state index is 0.290. The summed E-state index contributed by atoms with van der Waals surface area (Å²) in [4.78, 5) is 2.56. The minimum Gasteiger partial charge on any atom is -0.486 e. The van der Waals surface area contributed by atoms with Crippen LogP contribution in [0.2, 0.25) is 0 Å². The molecule has 0 bridgehead atoms. The van der Waals surface area contributed by atoms with Gasteiger partial charge in [-0.05, 0) is 43.5 Å². The molecule has 1 aromatic rings. The molecule has 4 nitrogen and oxygen atoms in total. The Hall–Kier alpha value is -1.26. The average molecular weight is 276 g/mol. The van der Waals surface area contributed by atoms with E-state index in [1.54, 1.807) is 0 Å². The number of nitrogens with two attached hydrogens (primary N) is 1. The molecule has 0 amide bonds. The molecule has 0 aromatic heterocycles. The first-order valence-electron chi connectivity index (χ1n) is 7.69. The zero-order valence-electron chi connectivity index (χ0n) is 12.2. The minimum atomic E-state index is 0.290. The van der Waals surface area contributed by atoms with Gasteiger partial charge < -0.3 is 15.2 Å². The second-order valence-corrected chi connectivity index (χ2v) is 5.62. The molecule has 2 N–H and O–H groups in total. The van der Waals surface area contributed by atoms with E-state index >= 15 is 0 Å². The van der Waals surface area contributed by atoms with E-state index in [-0.39, 0.29) is 0 Å². The van der Waals surface area contributed by atoms with Crippen LogP contribution in [0.3, 0.4) is 0 Å². The van der Waals surface area contributed by atoms with E-state index in [0.29, 0.717) is 25.8 Å². The van der Waals surface area contributed by atoms with E-state index in [0.717, 1.165) is 30.5 Å². The van der Waals surface area contributed by atoms with Crippen molar-refractivity contribution < 1.29 is 9.47 Å². The zero-order valence-corrected chi connectivity index (χ0v) is 12.2. The predicted molar refractivity (Wildman–Crippen MR) is 79.2 cm³/mol. The van der Waals surface area contributed by atoms with Gasteiger partial charge in [0.15, 0.2) is 11.5 Å². The Labute approximate surface area is 120 Å². The second-order valence-electron chi connectivity index (χ2n) is 5.62. The maximum absolute atomic E-state index is 6.06. The monoisotopic (exact) mass is 276 g/mol. The highest BCUT2D eigenvalue weighted by molar-refractivity contribution is 5.44. The summed E-state index contributed by atoms with van der Waals surface area (Å²) in [5.74, 6) is 1.71. The van der Waals surface area contributed by atoms with Crippen molar-refractivity contribution in [3.63, 3.8) is 0 Å². The lowest BCUT2D eigenvalue weighted by atomic mass is 10.0. The van der Waals surface area contributed by atoms with Crippen molar-refractivity contribution in [3.8, 4) is 11.5 Å². The summed E-state index contributed by atoms with van der Waals surface area (Å²) in [7, 11) is 0. The third kappa shape index (κ3) is 2.76. The lowest BCUT2D eigenvalue weighted by Gasteiger charge is -2.32. The third-order valence-corrected chi connectivity index (χ3v) is 4.07. The van der Waals surface area contributed by atoms with Crippen molar-refractivity contribution in [1.82, 2.24) is 4.90 Å². The molecule has 0 spiro atoms. The highest BCUT2D eigenvalue weighted by atomic mass is 16.6. The third-order valence-electron chi connectivity index (χ3n) is 4.07. The van der Waals surface area contributed by atoms with Gasteiger partial charge in [-0.2, -0.15) is 0 Å². The molecule has 1 aromatic carbocycles. The fourth-order valence-electron chi connectivity index (χ4n) is 2.99. The Morgan fingerprint density at radius 3 is 2.65 bits per heavy atom. The molecule has 1 fully saturated rings. The summed E-state index contributed by atoms with van der Waals surface area (Å²) in [6.45, 7) is 5.26. The Balaban J connectivity index is 1.84. The quantitative estimate of drug-likeness (QED) is 0.866. The molecule has 1 saturated carbocycles. The molecule has 4 heteroatoms. The molecule has 1 heterocycles. The van der Waals surface area contributed by atoms with Gasteiger partial charge in [-0.25, -0.2) is 0 Å². The number of hydrogen-bond acceptors (Lipinski definition) is 4. The van der Waals surface area contributed by atoms with Gasteiger partial charge in [-0.3, -0.25) is 4.90 Å². The number of fused-ring (bicyclic) bond motifs is 1. The van der Waals surface area contributed by atoms with Gasteiger partial charge >= 0.3 is 0 Å². The molecular weight excluding hydrogens is 252 g/mol. The average Bonchev–Trinajstić information content (AvgIpc) is 3.31. The molecule has 1 aliphatic heterocycles. The molecule has 110 valence electrons. The molecular formula is C16H24N2O2. The molecule has 2 aliphatic rings. The van der Waals surface area contributed by atoms with Crippen LogP contribution >= 0.6 is 0 Å². The summed E-state index contributed by atoms with van der Waals surface area (Å²) in [6.07, 6.45) is 3.78. The molecule has 20 heavy (non-hydrogen) atoms. The Morgan fingerprint density at radius 2 is 2.00 bits per heavy atom. The standard InChI is InChI=1S/C16H24N2O2/c1-2-7-18(13-4-5-13)14(11-17)12-3-6-15-16(10-12)20-9-8-19-15/h3,6,10,13-14H,2,4-5,7-9,11,17H2,1H3. The summed E-state index contributed by atoms with van der Waals surface area (Å²) in [6, 6.07) is 7.27. The van der Waals surface area contributed by atoms with Gasteiger partial charge in [0.25, 0.3) is 0 Å². The molecule has 3 rings (SSSR count). The predicted octanol–water partition coefficient (Wildman–Crippen LogP) is 2.33. The Kier molecular flexibility index (Phi) is 4.13. The van der Waals surface area contributed by atoms with E-state index in [1.807, 2.05) is 6.07 Å². The van der Waals surface area contributed by atoms with Gasteiger partial charge in [0.2, 0.25) is 0 Å². The number of ether oxygens (including phenoxy) is 2. The number of benzene rings is 1. The summed E-state index contributed by atoms with van der Waals surface area (Å²) < 4.78 is 11.3. The zero-order chi connectivity index (χ0) is 13.9. The van der Waals surface area contributed by atoms with Crippen LogP contribution in [0.25, 0.3) is 0 Å². The maximum Gasteiger partial charge on any atom is 0.161 e. The van der Waals surface area contributed by atoms with Gasteiger partial charge in [0.1, 0.15) is 13.2 Å². The van der Waals surface area contributed by atoms with Crippen molar-refractivity contribution >= 4 is 0 Å². The molecule has 0 saturated heterocycles. The van der Waals surface area contributed by atoms with E-state index < -0.39 is 0 Å². The van der Waals surface area contributed by atoms with Gasteiger partial charge in [-0.1, -0.05) is 13.0 Å². The van der Waals surface area contributed by atoms with Crippen LogP contribution in [0, 0.1) is 0 Å². The van der Waals surface area contributed by atoms with Crippen molar-refractivity contribution in [3.05, 3.63) is 23.8 Å². The Bertz CT molecular complexity index is 460. The van der Waals surface area contributed by atoms with Gasteiger partial charge in [0, 0.05) is 18.6 Å². The smallest absolute Gasteiger partial charge is 0.161 e. The van der Waals surface area contributed by atoms with Gasteiger partial charge in [-0.15, -0.1) is 0 Å². The first kappa shape index (κ1) is 13.7. The fourth-order valence-corrected chi connectivity index (χ4v) is 2.99. The van der Waals surface area contributed by atoms with Crippen LogP contribution in [0.5, 0.6) is 11.5 Å². The normalized spacial score (nSPS) is 19.1. The van der Waals surface area contributed by atoms with Crippen LogP contribution in [0.15, 0.2) is 18.2 Å². The van der Waals surface area contributed by atoms with Crippen LogP contribution < -0.4 is 15.2 Å². The molecule has 1 aliphatic carbocycles. The lowest BCUT2D eigenvalue weighted by molar-refractivity contribution is 0.168. The highest BCUT2D eigenvalue weighted by Crippen LogP contribution is 2.37. The van der Waals surface area contributed by atoms with Crippen LogP contribution in [-0.4, -0.2) is 37.2 Å². The summed E-state index contributed by atoms with van der Waals surface area (Å²) >= 11 is 0. The van der Waals surface area contributed by atoms with Crippen LogP contribution in [-0.2, 0) is 0 Å². The topological polar surface area (TPSA) is 47.7 Å². The fraction of sp³-hybridized carbons (Fsp3) is 0.625. The highest BCUT2D eigenvalue weighted by Gasteiger charge is 2.33. The summed E-state index contributed by atoms with van der Waals surface area (Å²) in [5.41, 5.74) is 7.31. The van der Waals surface area contributed by atoms with Crippen molar-refractivity contribution in [2.24, 2.45) is 5.73 Å². The van der Waals surface area contributed by atoms with Crippen LogP contribution in [0.4, 0.5) is 0 Å². The maximum atomic E-state index is 6.06. The summed E-state index contributed by atoms with van der Waals surface area (Å²) in [5, 5.41) is 0. The first-order valence-corrected chi connectivity index (χ1v) is 7.69. The van der Waals surface area contributed by atoms with E-state index in [1.165, 1.54) is 18.4 Å². The van der Waals surface area contributed by atoms with Crippen molar-refractivity contribution in [2.45, 2.75) is 38.3 Å². The first-order chi connectivity index (χ1) is 9.83. The van der Waals surface area contributed by atoms with E-state index in [4.69, 9.17) is 15.2 Å². The number of nitrogens with zero attached hydrogens (tertiary/aromatic N) is 1. The lowest BCUT2D eigenvalue weighted by Crippen LogP contribution is -2.36. The van der Waals surface area contributed by atoms with E-state index in [9.17, 15) is 0 Å². The Morgan fingerprint density at radius 1 is 1.25 bits per heavy atom. The number of rotatable bonds is 6. The number of hydrogen-bond donors (Lipinski definition) is 1. The molecule has 0 radical (unpaired) electrons. The van der Waals surface area contributed by atoms with Crippen molar-refractivity contribution in [2.75, 3.05) is 26.3 Å². The molecule has 1 atom stereocenters. The molecule has 1 unspecified atom stereocenters. The van der Waals surface area contributed by atoms with E-state index in [2.05, 4.69) is 24.0 Å².